The largest absolute Gasteiger partial charge is 0.444 e. The Kier molecular flexibility index (Phi) is 10.0. The fraction of sp³-hybridized carbons (Fsp3) is 0.514. The Morgan fingerprint density at radius 3 is 2.57 bits per heavy atom. The SMILES string of the molecule is CC(C)(C)OC(=O)N1C[C@@H](CCC(Nc2cccc(S(=O)(=O)NC(=O)c3cc4c(nc3F)C(C)(C)OCC4)n2)c2ccccn2)CC1(C)C. The van der Waals surface area contributed by atoms with Gasteiger partial charge in [-0.05, 0) is 116 Å². The first kappa shape index (κ1) is 36.1. The number of fused-ring (bicyclic) bond motifs is 1. The van der Waals surface area contributed by atoms with Crippen molar-refractivity contribution in [3.63, 3.8) is 0 Å². The van der Waals surface area contributed by atoms with Gasteiger partial charge in [0.05, 0.1) is 29.6 Å². The maximum absolute atomic E-state index is 15.0. The van der Waals surface area contributed by atoms with Crippen molar-refractivity contribution in [3.8, 4) is 0 Å². The standard InChI is InChI=1S/C35H45FN6O6S/c1-33(2,3)48-32(44)42-21-22(20-34(42,4)5)14-15-26(25-11-8-9-17-37-25)38-27-12-10-13-28(39-27)49(45,46)41-31(43)24-19-23-16-18-47-35(6,7)29(23)40-30(24)36/h8-13,17,19,22,26H,14-16,18,20-21H2,1-7H3,(H,38,39)(H,41,43)/t22-,26?/m0/s1. The number of anilines is 1. The van der Waals surface area contributed by atoms with Crippen LogP contribution in [0.5, 0.6) is 0 Å². The fourth-order valence-electron chi connectivity index (χ4n) is 6.44. The molecule has 5 rings (SSSR count). The van der Waals surface area contributed by atoms with Crippen LogP contribution < -0.4 is 10.0 Å². The van der Waals surface area contributed by atoms with E-state index in [2.05, 4.69) is 20.3 Å². The Hall–Kier alpha value is -4.17. The lowest BCUT2D eigenvalue weighted by atomic mass is 9.91. The van der Waals surface area contributed by atoms with Crippen LogP contribution in [0.4, 0.5) is 15.0 Å². The number of aromatic nitrogens is 3. The van der Waals surface area contributed by atoms with Crippen LogP contribution in [0, 0.1) is 11.9 Å². The zero-order chi connectivity index (χ0) is 35.8. The van der Waals surface area contributed by atoms with Crippen molar-refractivity contribution in [2.45, 2.75) is 102 Å². The van der Waals surface area contributed by atoms with Gasteiger partial charge in [0.2, 0.25) is 5.95 Å². The summed E-state index contributed by atoms with van der Waals surface area (Å²) in [6.07, 6.45) is 3.90. The highest BCUT2D eigenvalue weighted by atomic mass is 32.2. The third kappa shape index (κ3) is 8.53. The van der Waals surface area contributed by atoms with Crippen LogP contribution in [-0.2, 0) is 31.5 Å². The highest BCUT2D eigenvalue weighted by Gasteiger charge is 2.43. The summed E-state index contributed by atoms with van der Waals surface area (Å²) in [4.78, 5) is 40.6. The maximum atomic E-state index is 15.0. The molecular weight excluding hydrogens is 651 g/mol. The molecule has 0 radical (unpaired) electrons. The van der Waals surface area contributed by atoms with E-state index in [-0.39, 0.29) is 29.4 Å². The van der Waals surface area contributed by atoms with Gasteiger partial charge < -0.3 is 19.7 Å². The molecule has 0 bridgehead atoms. The number of rotatable bonds is 9. The molecule has 2 amide bonds. The van der Waals surface area contributed by atoms with Gasteiger partial charge in [0.1, 0.15) is 17.0 Å². The van der Waals surface area contributed by atoms with E-state index in [9.17, 15) is 22.4 Å². The van der Waals surface area contributed by atoms with Gasteiger partial charge in [-0.1, -0.05) is 12.1 Å². The number of nitrogens with zero attached hydrogens (tertiary/aromatic N) is 4. The van der Waals surface area contributed by atoms with E-state index in [0.29, 0.717) is 37.3 Å². The van der Waals surface area contributed by atoms with E-state index >= 15 is 0 Å². The second-order valence-electron chi connectivity index (χ2n) is 14.7. The molecule has 0 saturated carbocycles. The van der Waals surface area contributed by atoms with Crippen LogP contribution in [0.3, 0.4) is 0 Å². The zero-order valence-corrected chi connectivity index (χ0v) is 29.9. The minimum Gasteiger partial charge on any atom is -0.444 e. The lowest BCUT2D eigenvalue weighted by Crippen LogP contribution is -2.45. The van der Waals surface area contributed by atoms with Gasteiger partial charge in [-0.3, -0.25) is 9.78 Å². The van der Waals surface area contributed by atoms with Gasteiger partial charge in [0, 0.05) is 18.3 Å². The van der Waals surface area contributed by atoms with E-state index in [1.165, 1.54) is 18.2 Å². The summed E-state index contributed by atoms with van der Waals surface area (Å²) in [5, 5.41) is 2.90. The predicted octanol–water partition coefficient (Wildman–Crippen LogP) is 5.91. The van der Waals surface area contributed by atoms with Crippen LogP contribution in [0.15, 0.2) is 53.7 Å². The molecule has 2 atom stereocenters. The Morgan fingerprint density at radius 2 is 1.88 bits per heavy atom. The summed E-state index contributed by atoms with van der Waals surface area (Å²) in [6, 6.07) is 10.9. The molecule has 12 nitrogen and oxygen atoms in total. The normalized spacial score (nSPS) is 19.1. The number of carbonyl (C=O) groups excluding carboxylic acids is 2. The molecule has 3 aromatic rings. The van der Waals surface area contributed by atoms with Crippen molar-refractivity contribution in [3.05, 3.63) is 77.1 Å². The molecule has 1 fully saturated rings. The molecule has 2 aliphatic rings. The summed E-state index contributed by atoms with van der Waals surface area (Å²) in [7, 11) is -4.49. The summed E-state index contributed by atoms with van der Waals surface area (Å²) in [6.45, 7) is 14.0. The maximum Gasteiger partial charge on any atom is 0.410 e. The molecule has 0 aliphatic carbocycles. The Morgan fingerprint density at radius 1 is 1.12 bits per heavy atom. The van der Waals surface area contributed by atoms with Crippen molar-refractivity contribution < 1.29 is 31.9 Å². The summed E-state index contributed by atoms with van der Waals surface area (Å²) in [5.41, 5.74) is -0.578. The number of pyridine rings is 3. The molecule has 2 N–H and O–H groups in total. The molecule has 2 aliphatic heterocycles. The molecule has 1 saturated heterocycles. The monoisotopic (exact) mass is 696 g/mol. The number of hydrogen-bond acceptors (Lipinski definition) is 10. The van der Waals surface area contributed by atoms with Crippen molar-refractivity contribution in [1.82, 2.24) is 24.6 Å². The number of halogens is 1. The van der Waals surface area contributed by atoms with Gasteiger partial charge in [0.15, 0.2) is 5.03 Å². The average molecular weight is 697 g/mol. The number of amides is 2. The van der Waals surface area contributed by atoms with Crippen LogP contribution in [0.2, 0.25) is 0 Å². The number of hydrogen-bond donors (Lipinski definition) is 2. The zero-order valence-electron chi connectivity index (χ0n) is 29.0. The van der Waals surface area contributed by atoms with Gasteiger partial charge in [0.25, 0.3) is 15.9 Å². The Balaban J connectivity index is 1.30. The van der Waals surface area contributed by atoms with Crippen molar-refractivity contribution in [2.24, 2.45) is 5.92 Å². The quantitative estimate of drug-likeness (QED) is 0.259. The first-order valence-electron chi connectivity index (χ1n) is 16.4. The minimum absolute atomic E-state index is 0.197. The van der Waals surface area contributed by atoms with Crippen LogP contribution in [0.25, 0.3) is 0 Å². The molecular formula is C35H45FN6O6S. The number of nitrogens with one attached hydrogen (secondary N) is 2. The first-order chi connectivity index (χ1) is 22.8. The topological polar surface area (TPSA) is 153 Å². The van der Waals surface area contributed by atoms with E-state index in [1.54, 1.807) is 31.0 Å². The summed E-state index contributed by atoms with van der Waals surface area (Å²) < 4.78 is 54.9. The molecule has 14 heteroatoms. The fourth-order valence-corrected chi connectivity index (χ4v) is 7.37. The lowest BCUT2D eigenvalue weighted by Gasteiger charge is -2.33. The third-order valence-electron chi connectivity index (χ3n) is 8.73. The number of sulfonamides is 1. The second-order valence-corrected chi connectivity index (χ2v) is 16.4. The molecule has 0 aromatic carbocycles. The van der Waals surface area contributed by atoms with E-state index < -0.39 is 43.7 Å². The number of ether oxygens (including phenoxy) is 2. The molecule has 1 unspecified atom stereocenters. The van der Waals surface area contributed by atoms with E-state index in [4.69, 9.17) is 9.47 Å². The van der Waals surface area contributed by atoms with Crippen LogP contribution in [-0.4, -0.2) is 64.6 Å². The summed E-state index contributed by atoms with van der Waals surface area (Å²) in [5.74, 6) is -1.80. The van der Waals surface area contributed by atoms with Gasteiger partial charge in [-0.25, -0.2) is 19.5 Å². The van der Waals surface area contributed by atoms with E-state index in [1.807, 2.05) is 57.5 Å². The molecule has 0 spiro atoms. The molecule has 264 valence electrons. The Labute approximate surface area is 287 Å². The van der Waals surface area contributed by atoms with Crippen molar-refractivity contribution >= 4 is 27.8 Å². The predicted molar refractivity (Wildman–Crippen MR) is 181 cm³/mol. The molecule has 49 heavy (non-hydrogen) atoms. The second kappa shape index (κ2) is 13.6. The van der Waals surface area contributed by atoms with Crippen LogP contribution >= 0.6 is 0 Å². The smallest absolute Gasteiger partial charge is 0.410 e. The number of carbonyl (C=O) groups is 2. The van der Waals surface area contributed by atoms with Crippen molar-refractivity contribution in [2.75, 3.05) is 18.5 Å². The molecule has 5 heterocycles. The Bertz CT molecular complexity index is 1810. The van der Waals surface area contributed by atoms with Gasteiger partial charge >= 0.3 is 6.09 Å². The highest BCUT2D eigenvalue weighted by molar-refractivity contribution is 7.90. The first-order valence-corrected chi connectivity index (χ1v) is 17.9. The van der Waals surface area contributed by atoms with Crippen LogP contribution in [0.1, 0.15) is 101 Å². The van der Waals surface area contributed by atoms with Crippen molar-refractivity contribution in [1.29, 1.82) is 0 Å². The van der Waals surface area contributed by atoms with Gasteiger partial charge in [-0.15, -0.1) is 0 Å². The minimum atomic E-state index is -4.49. The lowest BCUT2D eigenvalue weighted by molar-refractivity contribution is -0.0357. The third-order valence-corrected chi connectivity index (χ3v) is 9.97. The average Bonchev–Trinajstić information content (AvgIpc) is 3.32. The number of likely N-dealkylation sites (tertiary alicyclic amines) is 1. The van der Waals surface area contributed by atoms with Gasteiger partial charge in [-0.2, -0.15) is 12.8 Å². The van der Waals surface area contributed by atoms with E-state index in [0.717, 1.165) is 18.5 Å². The summed E-state index contributed by atoms with van der Waals surface area (Å²) >= 11 is 0. The molecule has 3 aromatic heterocycles. The highest BCUT2D eigenvalue weighted by Crippen LogP contribution is 2.38.